The van der Waals surface area contributed by atoms with Gasteiger partial charge >= 0.3 is 0 Å². The van der Waals surface area contributed by atoms with E-state index in [2.05, 4.69) is 48.1 Å². The maximum absolute atomic E-state index is 5.33. The molecule has 0 aliphatic rings. The number of halogens is 1. The predicted octanol–water partition coefficient (Wildman–Crippen LogP) is 3.74. The molecule has 0 amide bonds. The van der Waals surface area contributed by atoms with Crippen LogP contribution in [0.4, 0.5) is 0 Å². The van der Waals surface area contributed by atoms with Gasteiger partial charge in [0, 0.05) is 12.1 Å². The minimum Gasteiger partial charge on any atom is -0.493 e. The molecule has 0 atom stereocenters. The van der Waals surface area contributed by atoms with Crippen molar-refractivity contribution in [2.24, 2.45) is 0 Å². The molecule has 18 heavy (non-hydrogen) atoms. The summed E-state index contributed by atoms with van der Waals surface area (Å²) in [6, 6.07) is 4.06. The van der Waals surface area contributed by atoms with Gasteiger partial charge < -0.3 is 14.8 Å². The fourth-order valence-electron chi connectivity index (χ4n) is 1.54. The minimum absolute atomic E-state index is 0.139. The van der Waals surface area contributed by atoms with Crippen LogP contribution in [0, 0.1) is 0 Å². The van der Waals surface area contributed by atoms with Gasteiger partial charge in [0.1, 0.15) is 0 Å². The highest BCUT2D eigenvalue weighted by atomic mass is 79.9. The first kappa shape index (κ1) is 15.3. The molecule has 3 nitrogen and oxygen atoms in total. The quantitative estimate of drug-likeness (QED) is 0.867. The van der Waals surface area contributed by atoms with E-state index in [1.807, 2.05) is 6.07 Å². The lowest BCUT2D eigenvalue weighted by Crippen LogP contribution is -2.37. The van der Waals surface area contributed by atoms with E-state index in [1.54, 1.807) is 14.2 Å². The molecule has 1 rings (SSSR count). The van der Waals surface area contributed by atoms with E-state index in [0.29, 0.717) is 0 Å². The Balaban J connectivity index is 2.88. The Morgan fingerprint density at radius 1 is 1.22 bits per heavy atom. The molecule has 0 heterocycles. The zero-order valence-corrected chi connectivity index (χ0v) is 13.3. The van der Waals surface area contributed by atoms with Gasteiger partial charge in [-0.3, -0.25) is 0 Å². The van der Waals surface area contributed by atoms with Gasteiger partial charge in [-0.25, -0.2) is 0 Å². The summed E-state index contributed by atoms with van der Waals surface area (Å²) in [4.78, 5) is 0. The van der Waals surface area contributed by atoms with Gasteiger partial charge in [-0.1, -0.05) is 6.92 Å². The summed E-state index contributed by atoms with van der Waals surface area (Å²) < 4.78 is 11.5. The average Bonchev–Trinajstić information content (AvgIpc) is 2.35. The Morgan fingerprint density at radius 3 is 2.39 bits per heavy atom. The summed E-state index contributed by atoms with van der Waals surface area (Å²) in [5.74, 6) is 1.48. The predicted molar refractivity (Wildman–Crippen MR) is 78.5 cm³/mol. The number of hydrogen-bond acceptors (Lipinski definition) is 3. The van der Waals surface area contributed by atoms with Crippen LogP contribution >= 0.6 is 15.9 Å². The largest absolute Gasteiger partial charge is 0.493 e. The highest BCUT2D eigenvalue weighted by Gasteiger charge is 2.15. The van der Waals surface area contributed by atoms with E-state index < -0.39 is 0 Å². The van der Waals surface area contributed by atoms with Crippen LogP contribution < -0.4 is 14.8 Å². The van der Waals surface area contributed by atoms with Crippen molar-refractivity contribution in [3.05, 3.63) is 22.2 Å². The molecule has 0 aliphatic heterocycles. The third-order valence-electron chi connectivity index (χ3n) is 3.15. The summed E-state index contributed by atoms with van der Waals surface area (Å²) in [5, 5.41) is 3.52. The molecule has 102 valence electrons. The maximum Gasteiger partial charge on any atom is 0.174 e. The van der Waals surface area contributed by atoms with Crippen molar-refractivity contribution in [2.75, 3.05) is 14.2 Å². The molecule has 0 bridgehead atoms. The van der Waals surface area contributed by atoms with E-state index in [-0.39, 0.29) is 5.54 Å². The van der Waals surface area contributed by atoms with E-state index in [4.69, 9.17) is 9.47 Å². The van der Waals surface area contributed by atoms with E-state index >= 15 is 0 Å². The second-order valence-corrected chi connectivity index (χ2v) is 5.76. The summed E-state index contributed by atoms with van der Waals surface area (Å²) in [7, 11) is 3.29. The van der Waals surface area contributed by atoms with Crippen LogP contribution in [0.25, 0.3) is 0 Å². The highest BCUT2D eigenvalue weighted by Crippen LogP contribution is 2.36. The number of ether oxygens (including phenoxy) is 2. The highest BCUT2D eigenvalue weighted by molar-refractivity contribution is 9.10. The van der Waals surface area contributed by atoms with Crippen LogP contribution in [-0.4, -0.2) is 19.8 Å². The van der Waals surface area contributed by atoms with Crippen molar-refractivity contribution in [1.82, 2.24) is 5.32 Å². The van der Waals surface area contributed by atoms with Crippen molar-refractivity contribution in [1.29, 1.82) is 0 Å². The van der Waals surface area contributed by atoms with Crippen molar-refractivity contribution in [3.63, 3.8) is 0 Å². The number of rotatable bonds is 6. The van der Waals surface area contributed by atoms with Gasteiger partial charge in [0.15, 0.2) is 11.5 Å². The molecule has 4 heteroatoms. The molecular formula is C14H22BrNO2. The summed E-state index contributed by atoms with van der Waals surface area (Å²) in [6.07, 6.45) is 1.08. The Hall–Kier alpha value is -0.740. The van der Waals surface area contributed by atoms with Crippen molar-refractivity contribution in [2.45, 2.75) is 39.3 Å². The molecule has 1 aromatic rings. The van der Waals surface area contributed by atoms with Crippen molar-refractivity contribution >= 4 is 15.9 Å². The second kappa shape index (κ2) is 6.43. The van der Waals surface area contributed by atoms with Gasteiger partial charge in [0.05, 0.1) is 18.7 Å². The topological polar surface area (TPSA) is 30.5 Å². The fraction of sp³-hybridized carbons (Fsp3) is 0.571. The van der Waals surface area contributed by atoms with Gasteiger partial charge in [-0.15, -0.1) is 0 Å². The molecule has 0 saturated heterocycles. The lowest BCUT2D eigenvalue weighted by molar-refractivity contribution is 0.350. The third-order valence-corrected chi connectivity index (χ3v) is 3.74. The monoisotopic (exact) mass is 315 g/mol. The summed E-state index contributed by atoms with van der Waals surface area (Å²) >= 11 is 3.50. The van der Waals surface area contributed by atoms with Gasteiger partial charge in [0.25, 0.3) is 0 Å². The summed E-state index contributed by atoms with van der Waals surface area (Å²) in [6.45, 7) is 7.38. The first-order chi connectivity index (χ1) is 8.43. The van der Waals surface area contributed by atoms with Crippen LogP contribution in [0.15, 0.2) is 16.6 Å². The van der Waals surface area contributed by atoms with Crippen LogP contribution in [0.2, 0.25) is 0 Å². The molecule has 0 fully saturated rings. The molecule has 0 aliphatic carbocycles. The molecular weight excluding hydrogens is 294 g/mol. The maximum atomic E-state index is 5.33. The van der Waals surface area contributed by atoms with Crippen molar-refractivity contribution < 1.29 is 9.47 Å². The van der Waals surface area contributed by atoms with Crippen LogP contribution in [0.5, 0.6) is 11.5 Å². The Kier molecular flexibility index (Phi) is 5.47. The molecule has 1 N–H and O–H groups in total. The fourth-order valence-corrected chi connectivity index (χ4v) is 2.19. The van der Waals surface area contributed by atoms with E-state index in [0.717, 1.165) is 28.9 Å². The molecule has 1 aromatic carbocycles. The summed E-state index contributed by atoms with van der Waals surface area (Å²) in [5.41, 5.74) is 1.31. The third kappa shape index (κ3) is 3.89. The van der Waals surface area contributed by atoms with E-state index in [9.17, 15) is 0 Å². The van der Waals surface area contributed by atoms with Gasteiger partial charge in [0.2, 0.25) is 0 Å². The number of nitrogens with one attached hydrogen (secondary N) is 1. The molecule has 0 saturated carbocycles. The van der Waals surface area contributed by atoms with E-state index in [1.165, 1.54) is 5.56 Å². The van der Waals surface area contributed by atoms with Gasteiger partial charge in [-0.2, -0.15) is 0 Å². The van der Waals surface area contributed by atoms with Crippen LogP contribution in [0.3, 0.4) is 0 Å². The molecule has 0 spiro atoms. The number of methoxy groups -OCH3 is 2. The second-order valence-electron chi connectivity index (χ2n) is 4.90. The minimum atomic E-state index is 0.139. The number of hydrogen-bond donors (Lipinski definition) is 1. The zero-order valence-electron chi connectivity index (χ0n) is 11.8. The smallest absolute Gasteiger partial charge is 0.174 e. The Morgan fingerprint density at radius 2 is 1.89 bits per heavy atom. The first-order valence-electron chi connectivity index (χ1n) is 6.09. The average molecular weight is 316 g/mol. The molecule has 0 aromatic heterocycles. The molecule has 0 radical (unpaired) electrons. The van der Waals surface area contributed by atoms with Gasteiger partial charge in [-0.05, 0) is 53.9 Å². The lowest BCUT2D eigenvalue weighted by Gasteiger charge is -2.25. The lowest BCUT2D eigenvalue weighted by atomic mass is 10.0. The standard InChI is InChI=1S/C14H22BrNO2/c1-6-14(2,3)16-9-10-7-11(15)13(18-5)12(8-10)17-4/h7-8,16H,6,9H2,1-5H3. The molecule has 0 unspecified atom stereocenters. The Bertz CT molecular complexity index is 405. The first-order valence-corrected chi connectivity index (χ1v) is 6.88. The van der Waals surface area contributed by atoms with Crippen LogP contribution in [0.1, 0.15) is 32.8 Å². The normalized spacial score (nSPS) is 11.4. The van der Waals surface area contributed by atoms with Crippen molar-refractivity contribution in [3.8, 4) is 11.5 Å². The van der Waals surface area contributed by atoms with Crippen LogP contribution in [-0.2, 0) is 6.54 Å². The SMILES string of the molecule is CCC(C)(C)NCc1cc(Br)c(OC)c(OC)c1. The number of benzene rings is 1. The Labute approximate surface area is 118 Å². The zero-order chi connectivity index (χ0) is 13.8.